The van der Waals surface area contributed by atoms with E-state index in [-0.39, 0.29) is 34.1 Å². The van der Waals surface area contributed by atoms with Crippen molar-refractivity contribution in [3.63, 3.8) is 0 Å². The van der Waals surface area contributed by atoms with Crippen LogP contribution >= 0.6 is 23.2 Å². The van der Waals surface area contributed by atoms with Crippen LogP contribution in [0.1, 0.15) is 24.4 Å². The molecule has 1 aromatic heterocycles. The van der Waals surface area contributed by atoms with Gasteiger partial charge in [0.25, 0.3) is 5.56 Å². The number of aromatic nitrogens is 2. The van der Waals surface area contributed by atoms with Gasteiger partial charge < -0.3 is 0 Å². The smallest absolute Gasteiger partial charge is 0.266 e. The molecule has 136 valence electrons. The molecular formula is C16H14Cl2N4O3S. The van der Waals surface area contributed by atoms with Crippen molar-refractivity contribution in [2.24, 2.45) is 0 Å². The van der Waals surface area contributed by atoms with Crippen LogP contribution in [0.2, 0.25) is 10.0 Å². The van der Waals surface area contributed by atoms with E-state index in [1.807, 2.05) is 6.07 Å². The average Bonchev–Trinajstić information content (AvgIpc) is 2.66. The molecule has 0 N–H and O–H groups in total. The number of hydrogen-bond acceptors (Lipinski definition) is 5. The number of hydrogen-bond donors (Lipinski definition) is 0. The van der Waals surface area contributed by atoms with E-state index in [1.54, 1.807) is 0 Å². The zero-order chi connectivity index (χ0) is 18.9. The van der Waals surface area contributed by atoms with Gasteiger partial charge in [0.05, 0.1) is 33.8 Å². The summed E-state index contributed by atoms with van der Waals surface area (Å²) >= 11 is 11.7. The van der Waals surface area contributed by atoms with Crippen molar-refractivity contribution in [1.82, 2.24) is 14.1 Å². The summed E-state index contributed by atoms with van der Waals surface area (Å²) in [7, 11) is -3.65. The molecule has 0 spiro atoms. The van der Waals surface area contributed by atoms with E-state index < -0.39 is 15.6 Å². The monoisotopic (exact) mass is 412 g/mol. The van der Waals surface area contributed by atoms with Crippen molar-refractivity contribution in [2.45, 2.75) is 23.8 Å². The minimum atomic E-state index is -3.65. The van der Waals surface area contributed by atoms with Crippen molar-refractivity contribution in [2.75, 3.05) is 13.1 Å². The first-order valence-corrected chi connectivity index (χ1v) is 9.97. The van der Waals surface area contributed by atoms with E-state index in [1.165, 1.54) is 39.4 Å². The number of halogens is 2. The van der Waals surface area contributed by atoms with Crippen LogP contribution < -0.4 is 5.56 Å². The Labute approximate surface area is 160 Å². The van der Waals surface area contributed by atoms with Crippen LogP contribution in [0.15, 0.2) is 40.2 Å². The lowest BCUT2D eigenvalue weighted by molar-refractivity contribution is 0.255. The first-order valence-electron chi connectivity index (χ1n) is 7.77. The third-order valence-corrected chi connectivity index (χ3v) is 6.95. The van der Waals surface area contributed by atoms with Gasteiger partial charge in [0.1, 0.15) is 5.02 Å². The summed E-state index contributed by atoms with van der Waals surface area (Å²) in [5.74, 6) is 0. The van der Waals surface area contributed by atoms with Crippen molar-refractivity contribution in [3.8, 4) is 6.07 Å². The molecule has 0 saturated carbocycles. The molecule has 0 amide bonds. The molecule has 2 heterocycles. The Hall–Kier alpha value is -1.92. The Morgan fingerprint density at radius 3 is 2.35 bits per heavy atom. The van der Waals surface area contributed by atoms with Gasteiger partial charge in [-0.3, -0.25) is 4.79 Å². The molecule has 3 rings (SSSR count). The molecule has 0 bridgehead atoms. The standard InChI is InChI=1S/C16H14Cl2N4O3S/c17-14-10-20-22(16(23)15(14)18)12-5-7-21(8-6-12)26(24,25)13-3-1-11(9-19)2-4-13/h1-4,10,12H,5-8H2. The summed E-state index contributed by atoms with van der Waals surface area (Å²) in [5.41, 5.74) is -0.0831. The van der Waals surface area contributed by atoms with Gasteiger partial charge in [-0.05, 0) is 37.1 Å². The number of benzene rings is 1. The highest BCUT2D eigenvalue weighted by Crippen LogP contribution is 2.26. The molecule has 0 radical (unpaired) electrons. The zero-order valence-corrected chi connectivity index (χ0v) is 15.8. The van der Waals surface area contributed by atoms with E-state index >= 15 is 0 Å². The Bertz CT molecular complexity index is 1020. The lowest BCUT2D eigenvalue weighted by atomic mass is 10.1. The molecule has 1 aromatic carbocycles. The highest BCUT2D eigenvalue weighted by molar-refractivity contribution is 7.89. The van der Waals surface area contributed by atoms with Gasteiger partial charge >= 0.3 is 0 Å². The summed E-state index contributed by atoms with van der Waals surface area (Å²) in [4.78, 5) is 12.3. The van der Waals surface area contributed by atoms with Crippen LogP contribution in [0.5, 0.6) is 0 Å². The van der Waals surface area contributed by atoms with Gasteiger partial charge in [0, 0.05) is 13.1 Å². The number of piperidine rings is 1. The fraction of sp³-hybridized carbons (Fsp3) is 0.312. The first kappa shape index (κ1) is 18.9. The molecule has 0 aliphatic carbocycles. The van der Waals surface area contributed by atoms with Crippen LogP contribution in [0.3, 0.4) is 0 Å². The van der Waals surface area contributed by atoms with E-state index in [0.717, 1.165) is 0 Å². The molecule has 10 heteroatoms. The van der Waals surface area contributed by atoms with E-state index in [9.17, 15) is 13.2 Å². The lowest BCUT2D eigenvalue weighted by Crippen LogP contribution is -2.41. The molecule has 1 fully saturated rings. The number of sulfonamides is 1. The number of nitrogens with zero attached hydrogens (tertiary/aromatic N) is 4. The Balaban J connectivity index is 1.76. The molecule has 1 aliphatic heterocycles. The second-order valence-electron chi connectivity index (χ2n) is 5.83. The largest absolute Gasteiger partial charge is 0.287 e. The van der Waals surface area contributed by atoms with Gasteiger partial charge in [0.2, 0.25) is 10.0 Å². The van der Waals surface area contributed by atoms with E-state index in [2.05, 4.69) is 5.10 Å². The third kappa shape index (κ3) is 3.48. The quantitative estimate of drug-likeness (QED) is 0.770. The topological polar surface area (TPSA) is 96.1 Å². The van der Waals surface area contributed by atoms with E-state index in [0.29, 0.717) is 18.4 Å². The SMILES string of the molecule is N#Cc1ccc(S(=O)(=O)N2CCC(n3ncc(Cl)c(Cl)c3=O)CC2)cc1. The molecular weight excluding hydrogens is 399 g/mol. The fourth-order valence-corrected chi connectivity index (χ4v) is 4.59. The summed E-state index contributed by atoms with van der Waals surface area (Å²) < 4.78 is 28.1. The Kier molecular flexibility index (Phi) is 5.34. The van der Waals surface area contributed by atoms with Crippen molar-refractivity contribution in [3.05, 3.63) is 56.4 Å². The van der Waals surface area contributed by atoms with Gasteiger partial charge in [-0.2, -0.15) is 14.7 Å². The summed E-state index contributed by atoms with van der Waals surface area (Å²) in [6.45, 7) is 0.503. The predicted octanol–water partition coefficient (Wildman–Crippen LogP) is 2.45. The van der Waals surface area contributed by atoms with Crippen LogP contribution in [-0.4, -0.2) is 35.6 Å². The second kappa shape index (κ2) is 7.37. The Morgan fingerprint density at radius 2 is 1.77 bits per heavy atom. The van der Waals surface area contributed by atoms with Gasteiger partial charge in [-0.1, -0.05) is 23.2 Å². The molecule has 7 nitrogen and oxygen atoms in total. The minimum absolute atomic E-state index is 0.0886. The lowest BCUT2D eigenvalue weighted by Gasteiger charge is -2.31. The first-order chi connectivity index (χ1) is 12.3. The maximum Gasteiger partial charge on any atom is 0.287 e. The second-order valence-corrected chi connectivity index (χ2v) is 8.55. The maximum atomic E-state index is 12.7. The zero-order valence-electron chi connectivity index (χ0n) is 13.5. The third-order valence-electron chi connectivity index (χ3n) is 4.29. The average molecular weight is 413 g/mol. The number of rotatable bonds is 3. The molecule has 0 unspecified atom stereocenters. The van der Waals surface area contributed by atoms with Crippen LogP contribution in [-0.2, 0) is 10.0 Å². The molecule has 1 saturated heterocycles. The van der Waals surface area contributed by atoms with Crippen molar-refractivity contribution >= 4 is 33.2 Å². The van der Waals surface area contributed by atoms with Crippen LogP contribution in [0.4, 0.5) is 0 Å². The van der Waals surface area contributed by atoms with Crippen molar-refractivity contribution in [1.29, 1.82) is 5.26 Å². The molecule has 1 aliphatic rings. The fourth-order valence-electron chi connectivity index (χ4n) is 2.86. The normalized spacial score (nSPS) is 16.3. The maximum absolute atomic E-state index is 12.7. The summed E-state index contributed by atoms with van der Waals surface area (Å²) in [6.07, 6.45) is 2.17. The predicted molar refractivity (Wildman–Crippen MR) is 96.7 cm³/mol. The summed E-state index contributed by atoms with van der Waals surface area (Å²) in [6, 6.07) is 7.49. The molecule has 2 aromatic rings. The molecule has 26 heavy (non-hydrogen) atoms. The van der Waals surface area contributed by atoms with Crippen molar-refractivity contribution < 1.29 is 8.42 Å². The number of nitriles is 1. The highest BCUT2D eigenvalue weighted by atomic mass is 35.5. The van der Waals surface area contributed by atoms with E-state index in [4.69, 9.17) is 28.5 Å². The van der Waals surface area contributed by atoms with Gasteiger partial charge in [0.15, 0.2) is 0 Å². The van der Waals surface area contributed by atoms with Crippen LogP contribution in [0, 0.1) is 11.3 Å². The van der Waals surface area contributed by atoms with Gasteiger partial charge in [-0.15, -0.1) is 0 Å². The Morgan fingerprint density at radius 1 is 1.15 bits per heavy atom. The molecule has 0 atom stereocenters. The summed E-state index contributed by atoms with van der Waals surface area (Å²) in [5, 5.41) is 12.8. The van der Waals surface area contributed by atoms with Crippen LogP contribution in [0.25, 0.3) is 0 Å². The minimum Gasteiger partial charge on any atom is -0.266 e. The highest BCUT2D eigenvalue weighted by Gasteiger charge is 2.31. The van der Waals surface area contributed by atoms with Gasteiger partial charge in [-0.25, -0.2) is 13.1 Å².